The molecule has 16 heavy (non-hydrogen) atoms. The van der Waals surface area contributed by atoms with Crippen molar-refractivity contribution in [3.05, 3.63) is 0 Å². The Kier molecular flexibility index (Phi) is 9.99. The number of hydrogen-bond donors (Lipinski definition) is 1. The average Bonchev–Trinajstić information content (AvgIpc) is 2.25. The minimum Gasteiger partial charge on any atom is -0.383 e. The van der Waals surface area contributed by atoms with E-state index in [0.29, 0.717) is 0 Å². The van der Waals surface area contributed by atoms with E-state index in [0.717, 1.165) is 38.1 Å². The summed E-state index contributed by atoms with van der Waals surface area (Å²) in [6.45, 7) is 8.44. The van der Waals surface area contributed by atoms with Crippen LogP contribution in [0.25, 0.3) is 0 Å². The highest BCUT2D eigenvalue weighted by Crippen LogP contribution is 2.20. The highest BCUT2D eigenvalue weighted by Gasteiger charge is 2.12. The molecule has 0 aromatic rings. The lowest BCUT2D eigenvalue weighted by Gasteiger charge is -2.22. The quantitative estimate of drug-likeness (QED) is 0.623. The van der Waals surface area contributed by atoms with Crippen molar-refractivity contribution in [2.24, 2.45) is 17.6 Å². The number of methoxy groups -OCH3 is 1. The van der Waals surface area contributed by atoms with Gasteiger partial charge in [-0.25, -0.2) is 0 Å². The van der Waals surface area contributed by atoms with Crippen molar-refractivity contribution in [1.82, 2.24) is 4.90 Å². The van der Waals surface area contributed by atoms with E-state index in [4.69, 9.17) is 10.5 Å². The monoisotopic (exact) mass is 230 g/mol. The molecule has 0 amide bonds. The molecule has 0 aromatic heterocycles. The molecule has 0 aliphatic carbocycles. The zero-order chi connectivity index (χ0) is 12.4. The second kappa shape index (κ2) is 10.1. The Morgan fingerprint density at radius 1 is 1.19 bits per heavy atom. The minimum atomic E-state index is 0.757. The summed E-state index contributed by atoms with van der Waals surface area (Å²) in [6.07, 6.45) is 3.73. The van der Waals surface area contributed by atoms with Crippen LogP contribution in [0.2, 0.25) is 0 Å². The van der Waals surface area contributed by atoms with Crippen LogP contribution < -0.4 is 5.73 Å². The number of hydrogen-bond acceptors (Lipinski definition) is 3. The maximum absolute atomic E-state index is 5.64. The fourth-order valence-electron chi connectivity index (χ4n) is 2.01. The molecule has 0 fully saturated rings. The molecule has 0 aliphatic heterocycles. The Balaban J connectivity index is 3.60. The van der Waals surface area contributed by atoms with Gasteiger partial charge in [-0.2, -0.15) is 0 Å². The minimum absolute atomic E-state index is 0.757. The molecule has 3 heteroatoms. The molecule has 0 heterocycles. The third-order valence-electron chi connectivity index (χ3n) is 3.27. The molecule has 1 atom stereocenters. The van der Waals surface area contributed by atoms with E-state index in [9.17, 15) is 0 Å². The third-order valence-corrected chi connectivity index (χ3v) is 3.27. The molecule has 0 saturated heterocycles. The molecule has 0 rings (SSSR count). The van der Waals surface area contributed by atoms with Crippen LogP contribution in [-0.2, 0) is 4.74 Å². The summed E-state index contributed by atoms with van der Waals surface area (Å²) < 4.78 is 5.06. The van der Waals surface area contributed by atoms with Gasteiger partial charge in [-0.1, -0.05) is 13.8 Å². The summed E-state index contributed by atoms with van der Waals surface area (Å²) in [7, 11) is 3.91. The summed E-state index contributed by atoms with van der Waals surface area (Å²) >= 11 is 0. The summed E-state index contributed by atoms with van der Waals surface area (Å²) in [6, 6.07) is 0. The van der Waals surface area contributed by atoms with Gasteiger partial charge in [0, 0.05) is 13.7 Å². The molecular formula is C13H30N2O. The van der Waals surface area contributed by atoms with E-state index >= 15 is 0 Å². The predicted octanol–water partition coefficient (Wildman–Crippen LogP) is 1.97. The first-order valence-corrected chi connectivity index (χ1v) is 6.49. The second-order valence-corrected chi connectivity index (χ2v) is 5.02. The molecule has 0 bridgehead atoms. The smallest absolute Gasteiger partial charge is 0.0589 e. The third kappa shape index (κ3) is 8.08. The maximum Gasteiger partial charge on any atom is 0.0589 e. The molecular weight excluding hydrogens is 200 g/mol. The summed E-state index contributed by atoms with van der Waals surface area (Å²) in [5.74, 6) is 1.55. The van der Waals surface area contributed by atoms with E-state index in [1.165, 1.54) is 19.3 Å². The van der Waals surface area contributed by atoms with Gasteiger partial charge in [0.1, 0.15) is 0 Å². The SMILES string of the molecule is COCCN(C)CCCC(CCN)C(C)C. The van der Waals surface area contributed by atoms with Crippen LogP contribution in [0.4, 0.5) is 0 Å². The zero-order valence-electron chi connectivity index (χ0n) is 11.5. The maximum atomic E-state index is 5.64. The van der Waals surface area contributed by atoms with E-state index in [2.05, 4.69) is 25.8 Å². The Morgan fingerprint density at radius 2 is 1.88 bits per heavy atom. The van der Waals surface area contributed by atoms with Crippen LogP contribution >= 0.6 is 0 Å². The number of ether oxygens (including phenoxy) is 1. The first-order chi connectivity index (χ1) is 7.61. The Labute approximate surface area is 101 Å². The van der Waals surface area contributed by atoms with Crippen LogP contribution in [0.1, 0.15) is 33.1 Å². The predicted molar refractivity (Wildman–Crippen MR) is 70.6 cm³/mol. The van der Waals surface area contributed by atoms with Crippen molar-refractivity contribution < 1.29 is 4.74 Å². The van der Waals surface area contributed by atoms with Crippen LogP contribution in [0.3, 0.4) is 0 Å². The lowest BCUT2D eigenvalue weighted by atomic mass is 9.88. The van der Waals surface area contributed by atoms with Crippen LogP contribution in [0, 0.1) is 11.8 Å². The summed E-state index contributed by atoms with van der Waals surface area (Å²) in [5.41, 5.74) is 5.64. The van der Waals surface area contributed by atoms with Gasteiger partial charge in [-0.05, 0) is 51.2 Å². The highest BCUT2D eigenvalue weighted by atomic mass is 16.5. The molecule has 1 unspecified atom stereocenters. The van der Waals surface area contributed by atoms with Gasteiger partial charge in [0.15, 0.2) is 0 Å². The number of nitrogens with two attached hydrogens (primary N) is 1. The van der Waals surface area contributed by atoms with E-state index < -0.39 is 0 Å². The molecule has 0 aromatic carbocycles. The van der Waals surface area contributed by atoms with Crippen molar-refractivity contribution >= 4 is 0 Å². The standard InChI is InChI=1S/C13H30N2O/c1-12(2)13(7-8-14)6-5-9-15(3)10-11-16-4/h12-13H,5-11,14H2,1-4H3. The molecule has 2 N–H and O–H groups in total. The van der Waals surface area contributed by atoms with Gasteiger partial charge in [-0.3, -0.25) is 0 Å². The first-order valence-electron chi connectivity index (χ1n) is 6.49. The van der Waals surface area contributed by atoms with Gasteiger partial charge < -0.3 is 15.4 Å². The topological polar surface area (TPSA) is 38.5 Å². The molecule has 0 aliphatic rings. The van der Waals surface area contributed by atoms with Gasteiger partial charge in [0.05, 0.1) is 6.61 Å². The molecule has 0 radical (unpaired) electrons. The lowest BCUT2D eigenvalue weighted by Crippen LogP contribution is -2.25. The van der Waals surface area contributed by atoms with Crippen LogP contribution in [0.5, 0.6) is 0 Å². The van der Waals surface area contributed by atoms with Gasteiger partial charge in [-0.15, -0.1) is 0 Å². The largest absolute Gasteiger partial charge is 0.383 e. The number of nitrogens with zero attached hydrogens (tertiary/aromatic N) is 1. The van der Waals surface area contributed by atoms with Crippen molar-refractivity contribution in [1.29, 1.82) is 0 Å². The van der Waals surface area contributed by atoms with Crippen molar-refractivity contribution in [3.8, 4) is 0 Å². The molecule has 98 valence electrons. The summed E-state index contributed by atoms with van der Waals surface area (Å²) in [4.78, 5) is 2.34. The van der Waals surface area contributed by atoms with E-state index in [-0.39, 0.29) is 0 Å². The molecule has 0 spiro atoms. The Hall–Kier alpha value is -0.120. The highest BCUT2D eigenvalue weighted by molar-refractivity contribution is 4.65. The number of rotatable bonds is 10. The van der Waals surface area contributed by atoms with Crippen molar-refractivity contribution in [2.75, 3.05) is 40.4 Å². The molecule has 0 saturated carbocycles. The van der Waals surface area contributed by atoms with E-state index in [1.807, 2.05) is 0 Å². The first kappa shape index (κ1) is 15.9. The zero-order valence-corrected chi connectivity index (χ0v) is 11.5. The van der Waals surface area contributed by atoms with Gasteiger partial charge in [0.2, 0.25) is 0 Å². The van der Waals surface area contributed by atoms with E-state index in [1.54, 1.807) is 7.11 Å². The normalized spacial score (nSPS) is 13.7. The average molecular weight is 230 g/mol. The second-order valence-electron chi connectivity index (χ2n) is 5.02. The Morgan fingerprint density at radius 3 is 2.38 bits per heavy atom. The molecule has 3 nitrogen and oxygen atoms in total. The van der Waals surface area contributed by atoms with Crippen LogP contribution in [0.15, 0.2) is 0 Å². The lowest BCUT2D eigenvalue weighted by molar-refractivity contribution is 0.158. The van der Waals surface area contributed by atoms with Gasteiger partial charge in [0.25, 0.3) is 0 Å². The Bertz CT molecular complexity index is 151. The summed E-state index contributed by atoms with van der Waals surface area (Å²) in [5, 5.41) is 0. The fourth-order valence-corrected chi connectivity index (χ4v) is 2.01. The van der Waals surface area contributed by atoms with Crippen molar-refractivity contribution in [2.45, 2.75) is 33.1 Å². The number of likely N-dealkylation sites (N-methyl/N-ethyl adjacent to an activating group) is 1. The van der Waals surface area contributed by atoms with Crippen molar-refractivity contribution in [3.63, 3.8) is 0 Å². The van der Waals surface area contributed by atoms with Crippen LogP contribution in [-0.4, -0.2) is 45.3 Å². The van der Waals surface area contributed by atoms with Gasteiger partial charge >= 0.3 is 0 Å². The fraction of sp³-hybridized carbons (Fsp3) is 1.00.